The van der Waals surface area contributed by atoms with Crippen LogP contribution in [0.4, 0.5) is 11.4 Å². The summed E-state index contributed by atoms with van der Waals surface area (Å²) in [6.07, 6.45) is 10.9. The summed E-state index contributed by atoms with van der Waals surface area (Å²) >= 11 is 1.38. The number of amides is 1. The minimum atomic E-state index is -0.159. The zero-order valence-electron chi connectivity index (χ0n) is 15.9. The summed E-state index contributed by atoms with van der Waals surface area (Å²) in [6, 6.07) is 5.78. The average molecular weight is 383 g/mol. The van der Waals surface area contributed by atoms with Crippen molar-refractivity contribution < 1.29 is 4.79 Å². The van der Waals surface area contributed by atoms with Crippen LogP contribution in [0.1, 0.15) is 44.1 Å². The van der Waals surface area contributed by atoms with Crippen LogP contribution >= 0.6 is 11.8 Å². The first-order valence-electron chi connectivity index (χ1n) is 9.71. The number of aryl methyl sites for hydroxylation is 1. The molecule has 5 nitrogen and oxygen atoms in total. The minimum absolute atomic E-state index is 0.159. The molecule has 0 unspecified atom stereocenters. The van der Waals surface area contributed by atoms with Gasteiger partial charge in [-0.15, -0.1) is 0 Å². The normalized spacial score (nSPS) is 31.4. The molecule has 2 N–H and O–H groups in total. The third kappa shape index (κ3) is 3.58. The Morgan fingerprint density at radius 2 is 1.85 bits per heavy atom. The van der Waals surface area contributed by atoms with E-state index < -0.39 is 0 Å². The highest BCUT2D eigenvalue weighted by atomic mass is 32.2. The number of aliphatic imine (C=N–C) groups is 1. The fourth-order valence-corrected chi connectivity index (χ4v) is 6.09. The molecule has 0 heterocycles. The fourth-order valence-electron chi connectivity index (χ4n) is 5.75. The Morgan fingerprint density at radius 3 is 2.41 bits per heavy atom. The third-order valence-electron chi connectivity index (χ3n) is 6.58. The first-order chi connectivity index (χ1) is 13.0. The van der Waals surface area contributed by atoms with E-state index in [1.54, 1.807) is 0 Å². The van der Waals surface area contributed by atoms with Gasteiger partial charge in [0.05, 0.1) is 11.1 Å². The second-order valence-corrected chi connectivity index (χ2v) is 9.30. The van der Waals surface area contributed by atoms with Gasteiger partial charge < -0.3 is 5.32 Å². The van der Waals surface area contributed by atoms with E-state index in [-0.39, 0.29) is 11.3 Å². The molecule has 1 aromatic rings. The van der Waals surface area contributed by atoms with Crippen LogP contribution in [-0.4, -0.2) is 17.3 Å². The predicted octanol–water partition coefficient (Wildman–Crippen LogP) is 4.57. The molecule has 27 heavy (non-hydrogen) atoms. The molecule has 1 amide bonds. The minimum Gasteiger partial charge on any atom is -0.325 e. The monoisotopic (exact) mass is 382 g/mol. The summed E-state index contributed by atoms with van der Waals surface area (Å²) in [5.41, 5.74) is 2.43. The summed E-state index contributed by atoms with van der Waals surface area (Å²) in [5, 5.41) is 15.2. The lowest BCUT2D eigenvalue weighted by molar-refractivity contribution is -0.140. The van der Waals surface area contributed by atoms with Gasteiger partial charge in [-0.3, -0.25) is 10.1 Å². The van der Waals surface area contributed by atoms with Crippen molar-refractivity contribution in [2.24, 2.45) is 28.2 Å². The zero-order chi connectivity index (χ0) is 19.0. The van der Waals surface area contributed by atoms with Crippen molar-refractivity contribution in [3.8, 4) is 6.19 Å². The lowest BCUT2D eigenvalue weighted by atomic mass is 9.49. The van der Waals surface area contributed by atoms with E-state index in [4.69, 9.17) is 5.26 Å². The van der Waals surface area contributed by atoms with Gasteiger partial charge in [0, 0.05) is 5.69 Å². The first kappa shape index (κ1) is 18.4. The summed E-state index contributed by atoms with van der Waals surface area (Å²) in [6.45, 7) is 2.01. The molecule has 0 spiro atoms. The topological polar surface area (TPSA) is 77.3 Å². The highest BCUT2D eigenvalue weighted by Gasteiger charge is 2.54. The van der Waals surface area contributed by atoms with Crippen molar-refractivity contribution in [3.05, 3.63) is 23.8 Å². The molecule has 1 aromatic carbocycles. The SMILES string of the molecule is CSC(=Nc1ccc(C)c(NC(=O)C23CC4CC(CC(C4)C2)C3)c1)NC#N. The molecule has 6 heteroatoms. The van der Waals surface area contributed by atoms with E-state index in [0.29, 0.717) is 5.17 Å². The number of hydrogen-bond donors (Lipinski definition) is 2. The van der Waals surface area contributed by atoms with Gasteiger partial charge in [0.15, 0.2) is 11.4 Å². The van der Waals surface area contributed by atoms with Crippen molar-refractivity contribution in [1.29, 1.82) is 5.26 Å². The number of rotatable bonds is 3. The Hall–Kier alpha value is -2.00. The number of nitrogens with zero attached hydrogens (tertiary/aromatic N) is 2. The molecule has 4 aliphatic rings. The van der Waals surface area contributed by atoms with Crippen LogP contribution in [0.2, 0.25) is 0 Å². The Labute approximate surface area is 165 Å². The van der Waals surface area contributed by atoms with Crippen LogP contribution in [0.5, 0.6) is 0 Å². The van der Waals surface area contributed by atoms with Gasteiger partial charge in [-0.2, -0.15) is 5.26 Å². The van der Waals surface area contributed by atoms with Crippen molar-refractivity contribution >= 4 is 34.2 Å². The van der Waals surface area contributed by atoms with Gasteiger partial charge in [0.1, 0.15) is 0 Å². The number of thioether (sulfide) groups is 1. The van der Waals surface area contributed by atoms with E-state index in [1.807, 2.05) is 37.6 Å². The summed E-state index contributed by atoms with van der Waals surface area (Å²) in [4.78, 5) is 17.8. The Kier molecular flexibility index (Phi) is 4.90. The Balaban J connectivity index is 1.55. The lowest BCUT2D eigenvalue weighted by Gasteiger charge is -2.55. The van der Waals surface area contributed by atoms with Crippen LogP contribution in [0.25, 0.3) is 0 Å². The third-order valence-corrected chi connectivity index (χ3v) is 7.16. The van der Waals surface area contributed by atoms with E-state index in [9.17, 15) is 4.79 Å². The molecule has 5 rings (SSSR count). The standard InChI is InChI=1S/C21H26N4OS/c1-13-3-4-17(24-20(27-2)23-12-22)8-18(13)25-19(26)21-9-14-5-15(10-21)7-16(6-14)11-21/h3-4,8,14-16H,5-7,9-11H2,1-2H3,(H,23,24)(H,25,26). The molecule has 4 aliphatic carbocycles. The molecule has 0 aliphatic heterocycles. The Morgan fingerprint density at radius 1 is 1.22 bits per heavy atom. The van der Waals surface area contributed by atoms with Crippen molar-refractivity contribution in [2.75, 3.05) is 11.6 Å². The van der Waals surface area contributed by atoms with Crippen LogP contribution in [-0.2, 0) is 4.79 Å². The number of carbonyl (C=O) groups excluding carboxylic acids is 1. The predicted molar refractivity (Wildman–Crippen MR) is 110 cm³/mol. The smallest absolute Gasteiger partial charge is 0.230 e. The maximum absolute atomic E-state index is 13.3. The molecule has 0 radical (unpaired) electrons. The number of nitrogens with one attached hydrogen (secondary N) is 2. The number of anilines is 1. The molecule has 4 fully saturated rings. The quantitative estimate of drug-likeness (QED) is 0.347. The van der Waals surface area contributed by atoms with Gasteiger partial charge in [-0.1, -0.05) is 17.8 Å². The fraction of sp³-hybridized carbons (Fsp3) is 0.571. The largest absolute Gasteiger partial charge is 0.325 e. The van der Waals surface area contributed by atoms with Crippen LogP contribution in [0.3, 0.4) is 0 Å². The molecule has 0 aromatic heterocycles. The van der Waals surface area contributed by atoms with E-state index in [2.05, 4.69) is 15.6 Å². The van der Waals surface area contributed by atoms with E-state index >= 15 is 0 Å². The number of carbonyl (C=O) groups is 1. The van der Waals surface area contributed by atoms with Gasteiger partial charge >= 0.3 is 0 Å². The molecular formula is C21H26N4OS. The van der Waals surface area contributed by atoms with Crippen LogP contribution in [0, 0.1) is 41.5 Å². The van der Waals surface area contributed by atoms with Crippen molar-refractivity contribution in [1.82, 2.24) is 5.32 Å². The second kappa shape index (κ2) is 7.20. The number of benzene rings is 1. The van der Waals surface area contributed by atoms with Gasteiger partial charge in [0.25, 0.3) is 0 Å². The summed E-state index contributed by atoms with van der Waals surface area (Å²) < 4.78 is 0. The summed E-state index contributed by atoms with van der Waals surface area (Å²) in [5.74, 6) is 2.45. The maximum Gasteiger partial charge on any atom is 0.230 e. The first-order valence-corrected chi connectivity index (χ1v) is 10.9. The van der Waals surface area contributed by atoms with E-state index in [0.717, 1.165) is 54.0 Å². The lowest BCUT2D eigenvalue weighted by Crippen LogP contribution is -2.51. The van der Waals surface area contributed by atoms with Gasteiger partial charge in [-0.25, -0.2) is 4.99 Å². The Bertz CT molecular complexity index is 791. The van der Waals surface area contributed by atoms with Gasteiger partial charge in [0.2, 0.25) is 5.91 Å². The average Bonchev–Trinajstić information content (AvgIpc) is 2.63. The molecule has 0 atom stereocenters. The molecule has 4 bridgehead atoms. The van der Waals surface area contributed by atoms with Gasteiger partial charge in [-0.05, 0) is 87.2 Å². The van der Waals surface area contributed by atoms with E-state index in [1.165, 1.54) is 31.0 Å². The van der Waals surface area contributed by atoms with Crippen LogP contribution in [0.15, 0.2) is 23.2 Å². The highest BCUT2D eigenvalue weighted by Crippen LogP contribution is 2.60. The molecular weight excluding hydrogens is 356 g/mol. The highest BCUT2D eigenvalue weighted by molar-refractivity contribution is 8.13. The number of nitriles is 1. The molecule has 0 saturated heterocycles. The molecule has 4 saturated carbocycles. The zero-order valence-corrected chi connectivity index (χ0v) is 16.7. The van der Waals surface area contributed by atoms with Crippen molar-refractivity contribution in [2.45, 2.75) is 45.4 Å². The second-order valence-electron chi connectivity index (χ2n) is 8.51. The number of hydrogen-bond acceptors (Lipinski definition) is 4. The summed E-state index contributed by atoms with van der Waals surface area (Å²) in [7, 11) is 0. The van der Waals surface area contributed by atoms with Crippen molar-refractivity contribution in [3.63, 3.8) is 0 Å². The van der Waals surface area contributed by atoms with Crippen LogP contribution < -0.4 is 10.6 Å². The maximum atomic E-state index is 13.3. The molecule has 142 valence electrons. The number of amidine groups is 1.